The third kappa shape index (κ3) is 4.71. The zero-order valence-corrected chi connectivity index (χ0v) is 18.9. The summed E-state index contributed by atoms with van der Waals surface area (Å²) in [5, 5.41) is 3.58. The Bertz CT molecular complexity index is 1250. The molecule has 7 nitrogen and oxygen atoms in total. The van der Waals surface area contributed by atoms with Gasteiger partial charge < -0.3 is 14.5 Å². The second-order valence-electron chi connectivity index (χ2n) is 7.52. The first-order valence-corrected chi connectivity index (χ1v) is 10.9. The molecular weight excluding hydrogens is 426 g/mol. The Morgan fingerprint density at radius 2 is 1.91 bits per heavy atom. The van der Waals surface area contributed by atoms with Gasteiger partial charge in [-0.2, -0.15) is 0 Å². The van der Waals surface area contributed by atoms with Crippen molar-refractivity contribution in [2.24, 2.45) is 0 Å². The smallest absolute Gasteiger partial charge is 0.350 e. The summed E-state index contributed by atoms with van der Waals surface area (Å²) in [4.78, 5) is 33.0. The number of esters is 1. The molecule has 0 atom stereocenters. The van der Waals surface area contributed by atoms with E-state index in [2.05, 4.69) is 10.2 Å². The van der Waals surface area contributed by atoms with E-state index in [-0.39, 0.29) is 5.91 Å². The molecule has 0 fully saturated rings. The third-order valence-electron chi connectivity index (χ3n) is 4.97. The fourth-order valence-electron chi connectivity index (χ4n) is 3.36. The van der Waals surface area contributed by atoms with Crippen LogP contribution in [0, 0.1) is 6.92 Å². The van der Waals surface area contributed by atoms with Crippen LogP contribution in [0.2, 0.25) is 0 Å². The number of nitrogens with one attached hydrogen (secondary N) is 1. The maximum Gasteiger partial charge on any atom is 0.350 e. The van der Waals surface area contributed by atoms with Gasteiger partial charge in [-0.25, -0.2) is 9.78 Å². The molecule has 0 aliphatic rings. The molecule has 0 aliphatic heterocycles. The summed E-state index contributed by atoms with van der Waals surface area (Å²) in [5.74, 6) is 0.0691. The predicted octanol–water partition coefficient (Wildman–Crippen LogP) is 4.87. The number of anilines is 1. The van der Waals surface area contributed by atoms with Gasteiger partial charge >= 0.3 is 5.97 Å². The van der Waals surface area contributed by atoms with E-state index in [1.807, 2.05) is 50.4 Å². The molecule has 4 rings (SSSR count). The summed E-state index contributed by atoms with van der Waals surface area (Å²) in [7, 11) is 3.30. The summed E-state index contributed by atoms with van der Waals surface area (Å²) in [5.41, 5.74) is 2.84. The van der Waals surface area contributed by atoms with Gasteiger partial charge in [0.2, 0.25) is 0 Å². The van der Waals surface area contributed by atoms with Crippen LogP contribution in [0.5, 0.6) is 0 Å². The lowest BCUT2D eigenvalue weighted by Gasteiger charge is -2.14. The standard InChI is InChI=1S/C24H23N3O4S/c1-15-6-8-16(9-7-15)22(28)26-20-19-11-10-17(13-27(2)14-18-5-4-12-31-18)25-23(19)32-21(20)24(29)30-3/h4-12H,13-14H2,1-3H3,(H,26,28). The number of aryl methyl sites for hydroxylation is 1. The predicted molar refractivity (Wildman–Crippen MR) is 124 cm³/mol. The van der Waals surface area contributed by atoms with Crippen LogP contribution in [0.3, 0.4) is 0 Å². The van der Waals surface area contributed by atoms with E-state index < -0.39 is 5.97 Å². The van der Waals surface area contributed by atoms with Crippen molar-refractivity contribution >= 4 is 39.1 Å². The lowest BCUT2D eigenvalue weighted by molar-refractivity contribution is 0.0607. The summed E-state index contributed by atoms with van der Waals surface area (Å²) in [6, 6.07) is 14.8. The number of pyridine rings is 1. The van der Waals surface area contributed by atoms with Crippen molar-refractivity contribution in [3.8, 4) is 0 Å². The minimum absolute atomic E-state index is 0.294. The quantitative estimate of drug-likeness (QED) is 0.405. The SMILES string of the molecule is COC(=O)c1sc2nc(CN(C)Cc3ccco3)ccc2c1NC(=O)c1ccc(C)cc1. The first-order valence-electron chi connectivity index (χ1n) is 10.0. The van der Waals surface area contributed by atoms with Crippen LogP contribution >= 0.6 is 11.3 Å². The van der Waals surface area contributed by atoms with Crippen LogP contribution in [0.4, 0.5) is 5.69 Å². The zero-order valence-electron chi connectivity index (χ0n) is 18.0. The van der Waals surface area contributed by atoms with E-state index in [4.69, 9.17) is 14.1 Å². The highest BCUT2D eigenvalue weighted by Gasteiger charge is 2.22. The number of thiophene rings is 1. The lowest BCUT2D eigenvalue weighted by Crippen LogP contribution is -2.17. The van der Waals surface area contributed by atoms with Crippen LogP contribution in [0.15, 0.2) is 59.2 Å². The number of carbonyl (C=O) groups is 2. The molecule has 8 heteroatoms. The van der Waals surface area contributed by atoms with E-state index in [1.165, 1.54) is 18.4 Å². The Balaban J connectivity index is 1.61. The number of methoxy groups -OCH3 is 1. The highest BCUT2D eigenvalue weighted by Crippen LogP contribution is 2.36. The Kier molecular flexibility index (Phi) is 6.34. The van der Waals surface area contributed by atoms with Crippen molar-refractivity contribution in [3.05, 3.63) is 82.3 Å². The molecule has 3 aromatic heterocycles. The first kappa shape index (κ1) is 21.7. The second-order valence-corrected chi connectivity index (χ2v) is 8.52. The van der Waals surface area contributed by atoms with E-state index in [0.717, 1.165) is 17.0 Å². The van der Waals surface area contributed by atoms with Crippen molar-refractivity contribution in [1.29, 1.82) is 0 Å². The summed E-state index contributed by atoms with van der Waals surface area (Å²) < 4.78 is 10.3. The molecule has 164 valence electrons. The molecule has 0 unspecified atom stereocenters. The average molecular weight is 450 g/mol. The molecule has 0 aliphatic carbocycles. The van der Waals surface area contributed by atoms with Gasteiger partial charge in [-0.15, -0.1) is 11.3 Å². The number of benzene rings is 1. The van der Waals surface area contributed by atoms with Crippen LogP contribution in [0.1, 0.15) is 37.0 Å². The summed E-state index contributed by atoms with van der Waals surface area (Å²) in [6.07, 6.45) is 1.65. The lowest BCUT2D eigenvalue weighted by atomic mass is 10.1. The van der Waals surface area contributed by atoms with Crippen LogP contribution < -0.4 is 5.32 Å². The van der Waals surface area contributed by atoms with E-state index in [0.29, 0.717) is 39.4 Å². The monoisotopic (exact) mass is 449 g/mol. The van der Waals surface area contributed by atoms with Crippen molar-refractivity contribution in [2.75, 3.05) is 19.5 Å². The number of fused-ring (bicyclic) bond motifs is 1. The summed E-state index contributed by atoms with van der Waals surface area (Å²) in [6.45, 7) is 3.22. The minimum Gasteiger partial charge on any atom is -0.468 e. The Hall–Kier alpha value is -3.49. The number of hydrogen-bond donors (Lipinski definition) is 1. The molecular formula is C24H23N3O4S. The zero-order chi connectivity index (χ0) is 22.7. The normalized spacial score (nSPS) is 11.1. The minimum atomic E-state index is -0.510. The molecule has 0 spiro atoms. The van der Waals surface area contributed by atoms with Crippen LogP contribution in [-0.2, 0) is 17.8 Å². The number of furan rings is 1. The van der Waals surface area contributed by atoms with Gasteiger partial charge in [0.15, 0.2) is 0 Å². The van der Waals surface area contributed by atoms with Crippen LogP contribution in [-0.4, -0.2) is 35.9 Å². The summed E-state index contributed by atoms with van der Waals surface area (Å²) >= 11 is 1.21. The molecule has 0 saturated heterocycles. The number of nitrogens with zero attached hydrogens (tertiary/aromatic N) is 2. The molecule has 0 saturated carbocycles. The maximum atomic E-state index is 12.8. The molecule has 32 heavy (non-hydrogen) atoms. The van der Waals surface area contributed by atoms with Gasteiger partial charge in [0, 0.05) is 17.5 Å². The number of aromatic nitrogens is 1. The molecule has 1 amide bonds. The molecule has 3 heterocycles. The molecule has 1 N–H and O–H groups in total. The Labute approximate surface area is 189 Å². The third-order valence-corrected chi connectivity index (χ3v) is 6.05. The first-order chi connectivity index (χ1) is 15.4. The largest absolute Gasteiger partial charge is 0.468 e. The number of carbonyl (C=O) groups excluding carboxylic acids is 2. The fourth-order valence-corrected chi connectivity index (χ4v) is 4.42. The van der Waals surface area contributed by atoms with Crippen molar-refractivity contribution < 1.29 is 18.7 Å². The van der Waals surface area contributed by atoms with Gasteiger partial charge in [-0.1, -0.05) is 17.7 Å². The average Bonchev–Trinajstić information content (AvgIpc) is 3.41. The number of ether oxygens (including phenoxy) is 1. The fraction of sp³-hybridized carbons (Fsp3) is 0.208. The highest BCUT2D eigenvalue weighted by atomic mass is 32.1. The number of hydrogen-bond acceptors (Lipinski definition) is 7. The van der Waals surface area contributed by atoms with Gasteiger partial charge in [-0.05, 0) is 50.4 Å². The maximum absolute atomic E-state index is 12.8. The van der Waals surface area contributed by atoms with Gasteiger partial charge in [-0.3, -0.25) is 9.69 Å². The number of rotatable bonds is 7. The van der Waals surface area contributed by atoms with Crippen molar-refractivity contribution in [3.63, 3.8) is 0 Å². The van der Waals surface area contributed by atoms with Crippen molar-refractivity contribution in [2.45, 2.75) is 20.0 Å². The van der Waals surface area contributed by atoms with E-state index >= 15 is 0 Å². The number of amides is 1. The second kappa shape index (κ2) is 9.33. The Morgan fingerprint density at radius 1 is 1.12 bits per heavy atom. The molecule has 0 bridgehead atoms. The van der Waals surface area contributed by atoms with Gasteiger partial charge in [0.05, 0.1) is 31.3 Å². The van der Waals surface area contributed by atoms with Gasteiger partial charge in [0.25, 0.3) is 5.91 Å². The van der Waals surface area contributed by atoms with Gasteiger partial charge in [0.1, 0.15) is 15.5 Å². The van der Waals surface area contributed by atoms with Crippen molar-refractivity contribution in [1.82, 2.24) is 9.88 Å². The molecule has 1 aromatic carbocycles. The Morgan fingerprint density at radius 3 is 2.59 bits per heavy atom. The van der Waals surface area contributed by atoms with Crippen LogP contribution in [0.25, 0.3) is 10.2 Å². The van der Waals surface area contributed by atoms with E-state index in [1.54, 1.807) is 18.4 Å². The molecule has 4 aromatic rings. The van der Waals surface area contributed by atoms with E-state index in [9.17, 15) is 9.59 Å². The highest BCUT2D eigenvalue weighted by molar-refractivity contribution is 7.21. The molecule has 0 radical (unpaired) electrons. The topological polar surface area (TPSA) is 84.7 Å².